The van der Waals surface area contributed by atoms with E-state index in [2.05, 4.69) is 20.9 Å². The van der Waals surface area contributed by atoms with Crippen LogP contribution in [0.1, 0.15) is 17.4 Å². The molecule has 3 rings (SSSR count). The number of nitrogens with zero attached hydrogens (tertiary/aromatic N) is 2. The van der Waals surface area contributed by atoms with Crippen LogP contribution in [0.4, 0.5) is 0 Å². The van der Waals surface area contributed by atoms with Crippen LogP contribution < -0.4 is 10.1 Å². The number of hydrogen-bond donors (Lipinski definition) is 1. The summed E-state index contributed by atoms with van der Waals surface area (Å²) in [5.41, 5.74) is 2.30. The van der Waals surface area contributed by atoms with Crippen molar-refractivity contribution in [3.8, 4) is 5.75 Å². The molecule has 1 aromatic heterocycles. The Bertz CT molecular complexity index is 562. The minimum atomic E-state index is 0.0804. The lowest BCUT2D eigenvalue weighted by Gasteiger charge is -2.24. The van der Waals surface area contributed by atoms with E-state index in [1.165, 1.54) is 5.56 Å². The van der Waals surface area contributed by atoms with Gasteiger partial charge < -0.3 is 19.4 Å². The minimum absolute atomic E-state index is 0.0804. The Morgan fingerprint density at radius 2 is 2.45 bits per heavy atom. The lowest BCUT2D eigenvalue weighted by molar-refractivity contribution is 0.0230. The van der Waals surface area contributed by atoms with E-state index in [1.54, 1.807) is 7.11 Å². The molecule has 1 N–H and O–H groups in total. The SMILES string of the molecule is COc1cccc(Cn2cncc2C2CNCCO2)c1. The molecule has 0 saturated carbocycles. The second kappa shape index (κ2) is 6.07. The topological polar surface area (TPSA) is 48.3 Å². The number of morpholine rings is 1. The molecular formula is C15H19N3O2. The number of imidazole rings is 1. The van der Waals surface area contributed by atoms with Crippen LogP contribution in [0.2, 0.25) is 0 Å². The van der Waals surface area contributed by atoms with Crippen LogP contribution in [0.25, 0.3) is 0 Å². The van der Waals surface area contributed by atoms with Gasteiger partial charge >= 0.3 is 0 Å². The zero-order valence-electron chi connectivity index (χ0n) is 11.6. The van der Waals surface area contributed by atoms with Crippen LogP contribution in [-0.4, -0.2) is 36.4 Å². The van der Waals surface area contributed by atoms with Gasteiger partial charge in [-0.15, -0.1) is 0 Å². The van der Waals surface area contributed by atoms with Crippen LogP contribution in [0.15, 0.2) is 36.8 Å². The summed E-state index contributed by atoms with van der Waals surface area (Å²) in [5, 5.41) is 3.35. The zero-order valence-corrected chi connectivity index (χ0v) is 11.6. The van der Waals surface area contributed by atoms with Crippen molar-refractivity contribution in [3.63, 3.8) is 0 Å². The lowest BCUT2D eigenvalue weighted by Crippen LogP contribution is -2.34. The maximum Gasteiger partial charge on any atom is 0.119 e. The van der Waals surface area contributed by atoms with Crippen LogP contribution >= 0.6 is 0 Å². The molecule has 1 aliphatic rings. The van der Waals surface area contributed by atoms with Crippen LogP contribution in [0, 0.1) is 0 Å². The zero-order chi connectivity index (χ0) is 13.8. The Morgan fingerprint density at radius 3 is 3.25 bits per heavy atom. The van der Waals surface area contributed by atoms with Crippen molar-refractivity contribution in [1.82, 2.24) is 14.9 Å². The van der Waals surface area contributed by atoms with Crippen molar-refractivity contribution in [2.24, 2.45) is 0 Å². The van der Waals surface area contributed by atoms with E-state index in [4.69, 9.17) is 9.47 Å². The van der Waals surface area contributed by atoms with Crippen LogP contribution in [-0.2, 0) is 11.3 Å². The largest absolute Gasteiger partial charge is 0.497 e. The summed E-state index contributed by atoms with van der Waals surface area (Å²) >= 11 is 0. The summed E-state index contributed by atoms with van der Waals surface area (Å²) in [6.07, 6.45) is 3.82. The first-order chi connectivity index (χ1) is 9.86. The highest BCUT2D eigenvalue weighted by Gasteiger charge is 2.19. The fourth-order valence-electron chi connectivity index (χ4n) is 2.45. The molecule has 1 saturated heterocycles. The monoisotopic (exact) mass is 273 g/mol. The van der Waals surface area contributed by atoms with Gasteiger partial charge in [0.05, 0.1) is 31.9 Å². The fraction of sp³-hybridized carbons (Fsp3) is 0.400. The molecule has 0 radical (unpaired) electrons. The van der Waals surface area contributed by atoms with E-state index in [9.17, 15) is 0 Å². The first-order valence-corrected chi connectivity index (χ1v) is 6.82. The van der Waals surface area contributed by atoms with Gasteiger partial charge in [-0.1, -0.05) is 12.1 Å². The standard InChI is InChI=1S/C15H19N3O2/c1-19-13-4-2-3-12(7-13)10-18-11-17-8-14(18)15-9-16-5-6-20-15/h2-4,7-8,11,15-16H,5-6,9-10H2,1H3. The molecule has 106 valence electrons. The lowest BCUT2D eigenvalue weighted by atomic mass is 10.2. The third-order valence-electron chi connectivity index (χ3n) is 3.49. The summed E-state index contributed by atoms with van der Waals surface area (Å²) in [5.74, 6) is 0.875. The molecule has 0 bridgehead atoms. The number of aromatic nitrogens is 2. The Morgan fingerprint density at radius 1 is 1.50 bits per heavy atom. The van der Waals surface area contributed by atoms with Gasteiger partial charge in [-0.05, 0) is 17.7 Å². The van der Waals surface area contributed by atoms with Crippen molar-refractivity contribution in [3.05, 3.63) is 48.0 Å². The van der Waals surface area contributed by atoms with Gasteiger partial charge in [0.25, 0.3) is 0 Å². The van der Waals surface area contributed by atoms with Gasteiger partial charge in [0.2, 0.25) is 0 Å². The quantitative estimate of drug-likeness (QED) is 0.919. The van der Waals surface area contributed by atoms with E-state index in [0.29, 0.717) is 0 Å². The van der Waals surface area contributed by atoms with Crippen molar-refractivity contribution >= 4 is 0 Å². The average Bonchev–Trinajstić information content (AvgIpc) is 2.96. The first kappa shape index (κ1) is 13.1. The number of nitrogens with one attached hydrogen (secondary N) is 1. The van der Waals surface area contributed by atoms with Gasteiger partial charge in [0.15, 0.2) is 0 Å². The summed E-state index contributed by atoms with van der Waals surface area (Å²) < 4.78 is 13.2. The summed E-state index contributed by atoms with van der Waals surface area (Å²) in [6, 6.07) is 8.09. The van der Waals surface area contributed by atoms with Crippen molar-refractivity contribution in [2.45, 2.75) is 12.6 Å². The van der Waals surface area contributed by atoms with E-state index in [-0.39, 0.29) is 6.10 Å². The molecule has 0 aliphatic carbocycles. The predicted octanol–water partition coefficient (Wildman–Crippen LogP) is 1.60. The highest BCUT2D eigenvalue weighted by molar-refractivity contribution is 5.29. The van der Waals surface area contributed by atoms with Crippen LogP contribution in [0.5, 0.6) is 5.75 Å². The molecule has 5 nitrogen and oxygen atoms in total. The van der Waals surface area contributed by atoms with E-state index in [0.717, 1.165) is 37.7 Å². The maximum atomic E-state index is 5.80. The van der Waals surface area contributed by atoms with E-state index < -0.39 is 0 Å². The van der Waals surface area contributed by atoms with Crippen molar-refractivity contribution in [1.29, 1.82) is 0 Å². The number of ether oxygens (including phenoxy) is 2. The molecule has 5 heteroatoms. The van der Waals surface area contributed by atoms with Gasteiger partial charge in [-0.3, -0.25) is 0 Å². The van der Waals surface area contributed by atoms with Gasteiger partial charge in [0.1, 0.15) is 11.9 Å². The van der Waals surface area contributed by atoms with Gasteiger partial charge in [0, 0.05) is 19.6 Å². The van der Waals surface area contributed by atoms with Crippen molar-refractivity contribution < 1.29 is 9.47 Å². The third-order valence-corrected chi connectivity index (χ3v) is 3.49. The number of benzene rings is 1. The second-order valence-corrected chi connectivity index (χ2v) is 4.86. The van der Waals surface area contributed by atoms with Crippen LogP contribution in [0.3, 0.4) is 0 Å². The molecule has 0 spiro atoms. The Balaban J connectivity index is 1.78. The molecule has 2 aromatic rings. The summed E-state index contributed by atoms with van der Waals surface area (Å²) in [7, 11) is 1.68. The van der Waals surface area contributed by atoms with Gasteiger partial charge in [-0.2, -0.15) is 0 Å². The smallest absolute Gasteiger partial charge is 0.119 e. The third kappa shape index (κ3) is 2.84. The highest BCUT2D eigenvalue weighted by Crippen LogP contribution is 2.20. The number of hydrogen-bond acceptors (Lipinski definition) is 4. The predicted molar refractivity (Wildman–Crippen MR) is 75.9 cm³/mol. The molecule has 1 aromatic carbocycles. The normalized spacial score (nSPS) is 18.9. The number of methoxy groups -OCH3 is 1. The summed E-state index contributed by atoms with van der Waals surface area (Å²) in [6.45, 7) is 3.27. The second-order valence-electron chi connectivity index (χ2n) is 4.86. The molecule has 1 fully saturated rings. The highest BCUT2D eigenvalue weighted by atomic mass is 16.5. The molecule has 1 aliphatic heterocycles. The molecule has 2 heterocycles. The molecule has 1 atom stereocenters. The first-order valence-electron chi connectivity index (χ1n) is 6.82. The van der Waals surface area contributed by atoms with Gasteiger partial charge in [-0.25, -0.2) is 4.98 Å². The molecule has 1 unspecified atom stereocenters. The molecule has 0 amide bonds. The van der Waals surface area contributed by atoms with E-state index in [1.807, 2.05) is 30.7 Å². The Labute approximate surface area is 118 Å². The minimum Gasteiger partial charge on any atom is -0.497 e. The number of rotatable bonds is 4. The fourth-order valence-corrected chi connectivity index (χ4v) is 2.45. The molecular weight excluding hydrogens is 254 g/mol. The summed E-state index contributed by atoms with van der Waals surface area (Å²) in [4.78, 5) is 4.26. The van der Waals surface area contributed by atoms with Crippen molar-refractivity contribution in [2.75, 3.05) is 26.8 Å². The Kier molecular flexibility index (Phi) is 3.99. The van der Waals surface area contributed by atoms with E-state index >= 15 is 0 Å². The Hall–Kier alpha value is -1.85. The molecule has 20 heavy (non-hydrogen) atoms. The average molecular weight is 273 g/mol. The maximum absolute atomic E-state index is 5.80.